The predicted octanol–water partition coefficient (Wildman–Crippen LogP) is 2.53. The third-order valence-electron chi connectivity index (χ3n) is 3.94. The van der Waals surface area contributed by atoms with Gasteiger partial charge in [0.25, 0.3) is 5.91 Å². The Hall–Kier alpha value is -2.38. The summed E-state index contributed by atoms with van der Waals surface area (Å²) < 4.78 is 6.43. The molecule has 1 aliphatic heterocycles. The lowest BCUT2D eigenvalue weighted by Crippen LogP contribution is -2.41. The fourth-order valence-corrected chi connectivity index (χ4v) is 3.55. The summed E-state index contributed by atoms with van der Waals surface area (Å²) in [5, 5.41) is 1.03. The molecule has 1 amide bonds. The van der Waals surface area contributed by atoms with E-state index in [1.165, 1.54) is 6.20 Å². The van der Waals surface area contributed by atoms with Crippen LogP contribution in [0.1, 0.15) is 15.5 Å². The second kappa shape index (κ2) is 6.26. The summed E-state index contributed by atoms with van der Waals surface area (Å²) in [6, 6.07) is 6.02. The lowest BCUT2D eigenvalue weighted by molar-refractivity contribution is 0.0299. The quantitative estimate of drug-likeness (QED) is 0.717. The fourth-order valence-electron chi connectivity index (χ4n) is 2.74. The summed E-state index contributed by atoms with van der Waals surface area (Å²) >= 11 is 1.66. The molecular weight excluding hydrogens is 324 g/mol. The predicted molar refractivity (Wildman–Crippen MR) is 92.1 cm³/mol. The van der Waals surface area contributed by atoms with Crippen molar-refractivity contribution in [1.82, 2.24) is 19.9 Å². The van der Waals surface area contributed by atoms with Crippen LogP contribution in [-0.4, -0.2) is 52.1 Å². The second-order valence-electron chi connectivity index (χ2n) is 5.61. The number of carbonyl (C=O) groups is 1. The number of benzene rings is 1. The van der Waals surface area contributed by atoms with Crippen molar-refractivity contribution < 1.29 is 9.53 Å². The topological polar surface area (TPSA) is 68.2 Å². The molecule has 0 spiro atoms. The Morgan fingerprint density at radius 2 is 2.04 bits per heavy atom. The Morgan fingerprint density at radius 3 is 2.88 bits per heavy atom. The molecule has 2 aromatic heterocycles. The van der Waals surface area contributed by atoms with Crippen LogP contribution in [0.5, 0.6) is 0 Å². The van der Waals surface area contributed by atoms with Gasteiger partial charge in [0.1, 0.15) is 5.69 Å². The first-order chi connectivity index (χ1) is 11.7. The largest absolute Gasteiger partial charge is 0.378 e. The second-order valence-corrected chi connectivity index (χ2v) is 6.84. The van der Waals surface area contributed by atoms with Crippen LogP contribution in [0.25, 0.3) is 21.5 Å². The average molecular weight is 340 g/mol. The van der Waals surface area contributed by atoms with Crippen LogP contribution in [-0.2, 0) is 4.74 Å². The maximum absolute atomic E-state index is 12.6. The number of hydrogen-bond donors (Lipinski definition) is 0. The molecule has 4 rings (SSSR count). The molecule has 6 nitrogen and oxygen atoms in total. The van der Waals surface area contributed by atoms with Gasteiger partial charge in [-0.2, -0.15) is 0 Å². The molecule has 0 radical (unpaired) electrons. The van der Waals surface area contributed by atoms with Crippen molar-refractivity contribution in [3.8, 4) is 11.3 Å². The first-order valence-electron chi connectivity index (χ1n) is 7.77. The van der Waals surface area contributed by atoms with Crippen LogP contribution < -0.4 is 0 Å². The molecule has 24 heavy (non-hydrogen) atoms. The van der Waals surface area contributed by atoms with E-state index in [2.05, 4.69) is 15.0 Å². The summed E-state index contributed by atoms with van der Waals surface area (Å²) in [7, 11) is 0. The summed E-state index contributed by atoms with van der Waals surface area (Å²) in [5.41, 5.74) is 2.91. The van der Waals surface area contributed by atoms with Gasteiger partial charge in [-0.05, 0) is 19.1 Å². The highest BCUT2D eigenvalue weighted by Gasteiger charge is 2.20. The average Bonchev–Trinajstić information content (AvgIpc) is 3.01. The highest BCUT2D eigenvalue weighted by molar-refractivity contribution is 7.18. The molecule has 1 aliphatic rings. The van der Waals surface area contributed by atoms with E-state index in [9.17, 15) is 4.79 Å². The minimum absolute atomic E-state index is 0.0989. The van der Waals surface area contributed by atoms with Crippen molar-refractivity contribution >= 4 is 27.5 Å². The van der Waals surface area contributed by atoms with E-state index >= 15 is 0 Å². The van der Waals surface area contributed by atoms with Crippen molar-refractivity contribution in [2.45, 2.75) is 6.92 Å². The van der Waals surface area contributed by atoms with Crippen molar-refractivity contribution in [2.24, 2.45) is 0 Å². The number of morpholine rings is 1. The monoisotopic (exact) mass is 340 g/mol. The van der Waals surface area contributed by atoms with E-state index in [-0.39, 0.29) is 5.91 Å². The standard InChI is InChI=1S/C17H16N4O2S/c1-11-19-13-8-12(2-3-16(13)24-11)14-9-18-10-15(20-14)17(22)21-4-6-23-7-5-21/h2-3,8-10H,4-7H2,1H3. The SMILES string of the molecule is Cc1nc2cc(-c3cncc(C(=O)N4CCOCC4)n3)ccc2s1. The van der Waals surface area contributed by atoms with Gasteiger partial charge >= 0.3 is 0 Å². The Bertz CT molecular complexity index is 902. The summed E-state index contributed by atoms with van der Waals surface area (Å²) in [6.45, 7) is 4.31. The number of fused-ring (bicyclic) bond motifs is 1. The molecular formula is C17H16N4O2S. The molecule has 0 unspecified atom stereocenters. The van der Waals surface area contributed by atoms with Crippen molar-refractivity contribution in [3.63, 3.8) is 0 Å². The summed E-state index contributed by atoms with van der Waals surface area (Å²) in [5.74, 6) is -0.0989. The number of hydrogen-bond acceptors (Lipinski definition) is 6. The van der Waals surface area contributed by atoms with Gasteiger partial charge in [-0.15, -0.1) is 11.3 Å². The zero-order chi connectivity index (χ0) is 16.5. The van der Waals surface area contributed by atoms with E-state index in [1.807, 2.05) is 25.1 Å². The first-order valence-corrected chi connectivity index (χ1v) is 8.59. The maximum Gasteiger partial charge on any atom is 0.274 e. The smallest absolute Gasteiger partial charge is 0.274 e. The number of rotatable bonds is 2. The van der Waals surface area contributed by atoms with Gasteiger partial charge < -0.3 is 9.64 Å². The van der Waals surface area contributed by atoms with Gasteiger partial charge in [-0.3, -0.25) is 9.78 Å². The molecule has 0 bridgehead atoms. The van der Waals surface area contributed by atoms with Gasteiger partial charge in [0.05, 0.1) is 46.5 Å². The summed E-state index contributed by atoms with van der Waals surface area (Å²) in [4.78, 5) is 27.5. The normalized spacial score (nSPS) is 15.0. The fraction of sp³-hybridized carbons (Fsp3) is 0.294. The third-order valence-corrected chi connectivity index (χ3v) is 4.89. The highest BCUT2D eigenvalue weighted by atomic mass is 32.1. The molecule has 0 saturated carbocycles. The zero-order valence-electron chi connectivity index (χ0n) is 13.2. The number of thiazole rings is 1. The Morgan fingerprint density at radius 1 is 1.21 bits per heavy atom. The van der Waals surface area contributed by atoms with Gasteiger partial charge in [0.15, 0.2) is 0 Å². The number of aryl methyl sites for hydroxylation is 1. The molecule has 0 aliphatic carbocycles. The minimum atomic E-state index is -0.0989. The van der Waals surface area contributed by atoms with E-state index < -0.39 is 0 Å². The summed E-state index contributed by atoms with van der Waals surface area (Å²) in [6.07, 6.45) is 3.20. The van der Waals surface area contributed by atoms with E-state index in [0.29, 0.717) is 37.7 Å². The van der Waals surface area contributed by atoms with Crippen LogP contribution in [0.3, 0.4) is 0 Å². The molecule has 122 valence electrons. The Balaban J connectivity index is 1.66. The van der Waals surface area contributed by atoms with Crippen LogP contribution in [0.4, 0.5) is 0 Å². The van der Waals surface area contributed by atoms with Gasteiger partial charge in [-0.1, -0.05) is 6.07 Å². The molecule has 1 aromatic carbocycles. The molecule has 0 N–H and O–H groups in total. The van der Waals surface area contributed by atoms with Gasteiger partial charge in [0, 0.05) is 18.7 Å². The Labute approximate surface area is 143 Å². The first kappa shape index (κ1) is 15.2. The molecule has 1 saturated heterocycles. The van der Waals surface area contributed by atoms with Crippen LogP contribution in [0.15, 0.2) is 30.6 Å². The number of carbonyl (C=O) groups excluding carboxylic acids is 1. The maximum atomic E-state index is 12.6. The van der Waals surface area contributed by atoms with Crippen LogP contribution in [0, 0.1) is 6.92 Å². The van der Waals surface area contributed by atoms with E-state index in [0.717, 1.165) is 20.8 Å². The number of amides is 1. The highest BCUT2D eigenvalue weighted by Crippen LogP contribution is 2.26. The molecule has 7 heteroatoms. The van der Waals surface area contributed by atoms with E-state index in [1.54, 1.807) is 22.4 Å². The molecule has 0 atom stereocenters. The third kappa shape index (κ3) is 2.88. The molecule has 1 fully saturated rings. The van der Waals surface area contributed by atoms with Crippen LogP contribution in [0.2, 0.25) is 0 Å². The Kier molecular flexibility index (Phi) is 3.95. The lowest BCUT2D eigenvalue weighted by atomic mass is 10.1. The molecule has 3 heterocycles. The van der Waals surface area contributed by atoms with Gasteiger partial charge in [0.2, 0.25) is 0 Å². The van der Waals surface area contributed by atoms with Crippen molar-refractivity contribution in [2.75, 3.05) is 26.3 Å². The number of ether oxygens (including phenoxy) is 1. The number of nitrogens with zero attached hydrogens (tertiary/aromatic N) is 4. The van der Waals surface area contributed by atoms with Crippen molar-refractivity contribution in [1.29, 1.82) is 0 Å². The minimum Gasteiger partial charge on any atom is -0.378 e. The zero-order valence-corrected chi connectivity index (χ0v) is 14.0. The lowest BCUT2D eigenvalue weighted by Gasteiger charge is -2.26. The number of aromatic nitrogens is 3. The molecule has 3 aromatic rings. The van der Waals surface area contributed by atoms with E-state index in [4.69, 9.17) is 4.74 Å². The van der Waals surface area contributed by atoms with Gasteiger partial charge in [-0.25, -0.2) is 9.97 Å². The van der Waals surface area contributed by atoms with Crippen molar-refractivity contribution in [3.05, 3.63) is 41.3 Å². The van der Waals surface area contributed by atoms with Crippen LogP contribution >= 0.6 is 11.3 Å².